The molecule has 3 rings (SSSR count). The molecule has 0 spiro atoms. The van der Waals surface area contributed by atoms with Crippen LogP contribution in [0.2, 0.25) is 0 Å². The molecule has 0 aliphatic carbocycles. The van der Waals surface area contributed by atoms with Crippen molar-refractivity contribution in [2.45, 2.75) is 6.18 Å². The monoisotopic (exact) mass is 348 g/mol. The van der Waals surface area contributed by atoms with Gasteiger partial charge in [-0.2, -0.15) is 18.2 Å². The van der Waals surface area contributed by atoms with E-state index in [1.165, 1.54) is 25.3 Å². The van der Waals surface area contributed by atoms with Crippen LogP contribution in [0.5, 0.6) is 0 Å². The van der Waals surface area contributed by atoms with Gasteiger partial charge in [-0.15, -0.1) is 0 Å². The van der Waals surface area contributed by atoms with Gasteiger partial charge in [0.15, 0.2) is 0 Å². The minimum absolute atomic E-state index is 0.0772. The number of ether oxygens (including phenoxy) is 1. The molecule has 1 heterocycles. The number of alkyl halides is 3. The molecule has 0 amide bonds. The summed E-state index contributed by atoms with van der Waals surface area (Å²) in [5, 5.41) is 3.76. The summed E-state index contributed by atoms with van der Waals surface area (Å²) < 4.78 is 48.2. The fraction of sp³-hybridized carbons (Fsp3) is 0.118. The quantitative estimate of drug-likeness (QED) is 0.664. The molecule has 0 radical (unpaired) electrons. The molecular weight excluding hydrogens is 337 g/mol. The average molecular weight is 348 g/mol. The van der Waals surface area contributed by atoms with E-state index in [-0.39, 0.29) is 22.8 Å². The van der Waals surface area contributed by atoms with Crippen LogP contribution in [-0.2, 0) is 10.9 Å². The molecule has 0 unspecified atom stereocenters. The molecule has 0 aliphatic rings. The molecule has 8 heteroatoms. The van der Waals surface area contributed by atoms with Crippen LogP contribution in [0.4, 0.5) is 13.2 Å². The summed E-state index contributed by atoms with van der Waals surface area (Å²) in [6, 6.07) is 11.0. The first-order valence-electron chi connectivity index (χ1n) is 7.09. The molecule has 0 fully saturated rings. The van der Waals surface area contributed by atoms with Crippen LogP contribution < -0.4 is 0 Å². The third-order valence-corrected chi connectivity index (χ3v) is 3.44. The minimum atomic E-state index is -4.48. The van der Waals surface area contributed by atoms with Crippen molar-refractivity contribution in [1.82, 2.24) is 10.1 Å². The van der Waals surface area contributed by atoms with Crippen molar-refractivity contribution in [2.75, 3.05) is 7.11 Å². The fourth-order valence-corrected chi connectivity index (χ4v) is 2.24. The predicted octanol–water partition coefficient (Wildman–Crippen LogP) is 4.21. The molecule has 0 N–H and O–H groups in total. The molecule has 1 aromatic heterocycles. The summed E-state index contributed by atoms with van der Waals surface area (Å²) in [7, 11) is 1.24. The lowest BCUT2D eigenvalue weighted by Gasteiger charge is -2.06. The van der Waals surface area contributed by atoms with Crippen molar-refractivity contribution in [2.24, 2.45) is 0 Å². The Hall–Kier alpha value is -3.16. The average Bonchev–Trinajstić information content (AvgIpc) is 3.10. The second-order valence-electron chi connectivity index (χ2n) is 5.04. The van der Waals surface area contributed by atoms with Gasteiger partial charge in [0.25, 0.3) is 5.89 Å². The number of hydrogen-bond donors (Lipinski definition) is 0. The molecule has 2 aromatic carbocycles. The van der Waals surface area contributed by atoms with Crippen molar-refractivity contribution < 1.29 is 27.2 Å². The van der Waals surface area contributed by atoms with Crippen LogP contribution in [0.1, 0.15) is 15.9 Å². The van der Waals surface area contributed by atoms with Gasteiger partial charge in [0.1, 0.15) is 0 Å². The summed E-state index contributed by atoms with van der Waals surface area (Å²) in [5.74, 6) is -0.588. The van der Waals surface area contributed by atoms with Crippen LogP contribution in [-0.4, -0.2) is 23.2 Å². The van der Waals surface area contributed by atoms with Gasteiger partial charge in [-0.3, -0.25) is 0 Å². The van der Waals surface area contributed by atoms with Crippen LogP contribution in [0, 0.1) is 0 Å². The molecule has 0 saturated carbocycles. The number of benzene rings is 2. The molecule has 0 atom stereocenters. The number of esters is 1. The van der Waals surface area contributed by atoms with Gasteiger partial charge in [-0.1, -0.05) is 29.4 Å². The van der Waals surface area contributed by atoms with E-state index >= 15 is 0 Å². The van der Waals surface area contributed by atoms with Gasteiger partial charge >= 0.3 is 12.1 Å². The van der Waals surface area contributed by atoms with Crippen LogP contribution >= 0.6 is 0 Å². The molecular formula is C17H11F3N2O3. The first kappa shape index (κ1) is 16.7. The lowest BCUT2D eigenvalue weighted by Crippen LogP contribution is -2.04. The summed E-state index contributed by atoms with van der Waals surface area (Å²) in [4.78, 5) is 15.9. The standard InChI is InChI=1S/C17H11F3N2O3/c1-24-16(23)13-8-3-2-7-12(13)14-21-15(25-22-14)10-5-4-6-11(9-10)17(18,19)20/h2-9H,1H3. The van der Waals surface area contributed by atoms with Crippen LogP contribution in [0.15, 0.2) is 53.1 Å². The Bertz CT molecular complexity index is 919. The Morgan fingerprint density at radius 1 is 1.12 bits per heavy atom. The number of methoxy groups -OCH3 is 1. The Kier molecular flexibility index (Phi) is 4.26. The highest BCUT2D eigenvalue weighted by atomic mass is 19.4. The number of halogens is 3. The van der Waals surface area contributed by atoms with Crippen molar-refractivity contribution in [3.8, 4) is 22.8 Å². The van der Waals surface area contributed by atoms with E-state index in [2.05, 4.69) is 10.1 Å². The van der Waals surface area contributed by atoms with Gasteiger partial charge in [-0.25, -0.2) is 4.79 Å². The molecule has 0 aliphatic heterocycles. The predicted molar refractivity (Wildman–Crippen MR) is 81.5 cm³/mol. The highest BCUT2D eigenvalue weighted by molar-refractivity contribution is 5.96. The fourth-order valence-electron chi connectivity index (χ4n) is 2.24. The smallest absolute Gasteiger partial charge is 0.416 e. The zero-order valence-corrected chi connectivity index (χ0v) is 12.9. The first-order valence-corrected chi connectivity index (χ1v) is 7.09. The summed E-state index contributed by atoms with van der Waals surface area (Å²) in [5.41, 5.74) is -0.110. The van der Waals surface area contributed by atoms with E-state index in [1.807, 2.05) is 0 Å². The number of rotatable bonds is 3. The van der Waals surface area contributed by atoms with E-state index in [0.717, 1.165) is 12.1 Å². The van der Waals surface area contributed by atoms with E-state index in [9.17, 15) is 18.0 Å². The minimum Gasteiger partial charge on any atom is -0.465 e. The Morgan fingerprint density at radius 3 is 2.60 bits per heavy atom. The van der Waals surface area contributed by atoms with Crippen molar-refractivity contribution in [3.05, 3.63) is 59.7 Å². The van der Waals surface area contributed by atoms with Gasteiger partial charge in [0.2, 0.25) is 5.82 Å². The second kappa shape index (κ2) is 6.39. The molecule has 0 bridgehead atoms. The number of hydrogen-bond acceptors (Lipinski definition) is 5. The van der Waals surface area contributed by atoms with Crippen molar-refractivity contribution in [1.29, 1.82) is 0 Å². The Morgan fingerprint density at radius 2 is 1.88 bits per heavy atom. The molecule has 5 nitrogen and oxygen atoms in total. The first-order chi connectivity index (χ1) is 11.9. The van der Waals surface area contributed by atoms with E-state index in [1.54, 1.807) is 18.2 Å². The SMILES string of the molecule is COC(=O)c1ccccc1-c1noc(-c2cccc(C(F)(F)F)c2)n1. The summed E-state index contributed by atoms with van der Waals surface area (Å²) in [6.45, 7) is 0. The van der Waals surface area contributed by atoms with Gasteiger partial charge in [-0.05, 0) is 24.3 Å². The number of carbonyl (C=O) groups excluding carboxylic acids is 1. The lowest BCUT2D eigenvalue weighted by atomic mass is 10.1. The maximum atomic E-state index is 12.8. The zero-order valence-electron chi connectivity index (χ0n) is 12.9. The Balaban J connectivity index is 2.01. The third kappa shape index (κ3) is 3.37. The van der Waals surface area contributed by atoms with Crippen LogP contribution in [0.25, 0.3) is 22.8 Å². The number of carbonyl (C=O) groups is 1. The van der Waals surface area contributed by atoms with Gasteiger partial charge in [0, 0.05) is 11.1 Å². The van der Waals surface area contributed by atoms with Gasteiger partial charge in [0.05, 0.1) is 18.2 Å². The van der Waals surface area contributed by atoms with E-state index in [4.69, 9.17) is 9.26 Å². The lowest BCUT2D eigenvalue weighted by molar-refractivity contribution is -0.137. The Labute approximate surface area is 140 Å². The third-order valence-electron chi connectivity index (χ3n) is 3.44. The summed E-state index contributed by atoms with van der Waals surface area (Å²) in [6.07, 6.45) is -4.48. The second-order valence-corrected chi connectivity index (χ2v) is 5.04. The zero-order chi connectivity index (χ0) is 18.0. The van der Waals surface area contributed by atoms with Crippen molar-refractivity contribution in [3.63, 3.8) is 0 Å². The molecule has 128 valence electrons. The molecule has 3 aromatic rings. The molecule has 25 heavy (non-hydrogen) atoms. The number of nitrogens with zero attached hydrogens (tertiary/aromatic N) is 2. The topological polar surface area (TPSA) is 65.2 Å². The largest absolute Gasteiger partial charge is 0.465 e. The summed E-state index contributed by atoms with van der Waals surface area (Å²) >= 11 is 0. The highest BCUT2D eigenvalue weighted by Crippen LogP contribution is 2.32. The van der Waals surface area contributed by atoms with Gasteiger partial charge < -0.3 is 9.26 Å². The van der Waals surface area contributed by atoms with Crippen LogP contribution in [0.3, 0.4) is 0 Å². The van der Waals surface area contributed by atoms with Crippen molar-refractivity contribution >= 4 is 5.97 Å². The number of aromatic nitrogens is 2. The normalized spacial score (nSPS) is 11.4. The highest BCUT2D eigenvalue weighted by Gasteiger charge is 2.31. The van der Waals surface area contributed by atoms with E-state index in [0.29, 0.717) is 5.56 Å². The van der Waals surface area contributed by atoms with E-state index < -0.39 is 17.7 Å². The maximum absolute atomic E-state index is 12.8. The maximum Gasteiger partial charge on any atom is 0.416 e. The molecule has 0 saturated heterocycles.